The van der Waals surface area contributed by atoms with E-state index in [0.717, 1.165) is 32.5 Å². The highest BCUT2D eigenvalue weighted by atomic mass is 16.5. The lowest BCUT2D eigenvalue weighted by Gasteiger charge is -2.38. The van der Waals surface area contributed by atoms with Crippen molar-refractivity contribution in [2.45, 2.75) is 45.6 Å². The van der Waals surface area contributed by atoms with Crippen molar-refractivity contribution in [3.05, 3.63) is 0 Å². The fourth-order valence-electron chi connectivity index (χ4n) is 2.70. The topological polar surface area (TPSA) is 32.7 Å². The second-order valence-electron chi connectivity index (χ2n) is 5.45. The van der Waals surface area contributed by atoms with E-state index in [1.54, 1.807) is 7.11 Å². The minimum atomic E-state index is 0.0599. The van der Waals surface area contributed by atoms with Crippen molar-refractivity contribution in [2.75, 3.05) is 33.4 Å². The Hall–Kier alpha value is -0.120. The zero-order valence-corrected chi connectivity index (χ0v) is 11.0. The zero-order valence-electron chi connectivity index (χ0n) is 11.0. The predicted molar refractivity (Wildman–Crippen MR) is 66.6 cm³/mol. The van der Waals surface area contributed by atoms with Gasteiger partial charge in [0.15, 0.2) is 0 Å². The van der Waals surface area contributed by atoms with Crippen LogP contribution in [0.25, 0.3) is 0 Å². The van der Waals surface area contributed by atoms with Crippen molar-refractivity contribution < 1.29 is 9.84 Å². The zero-order chi connectivity index (χ0) is 12.0. The molecule has 96 valence electrons. The number of methoxy groups -OCH3 is 1. The molecule has 1 aliphatic heterocycles. The van der Waals surface area contributed by atoms with Gasteiger partial charge in [0.25, 0.3) is 0 Å². The van der Waals surface area contributed by atoms with Crippen molar-refractivity contribution in [3.63, 3.8) is 0 Å². The first-order valence-corrected chi connectivity index (χ1v) is 6.49. The van der Waals surface area contributed by atoms with Gasteiger partial charge >= 0.3 is 0 Å². The van der Waals surface area contributed by atoms with Crippen LogP contribution in [0, 0.1) is 5.41 Å². The molecule has 0 aromatic rings. The van der Waals surface area contributed by atoms with Crippen LogP contribution < -0.4 is 0 Å². The van der Waals surface area contributed by atoms with E-state index in [1.165, 1.54) is 12.8 Å². The highest BCUT2D eigenvalue weighted by Gasteiger charge is 2.28. The summed E-state index contributed by atoms with van der Waals surface area (Å²) in [6, 6.07) is 0. The average molecular weight is 229 g/mol. The molecule has 1 aliphatic rings. The molecule has 16 heavy (non-hydrogen) atoms. The summed E-state index contributed by atoms with van der Waals surface area (Å²) in [6.07, 6.45) is 5.01. The van der Waals surface area contributed by atoms with Crippen LogP contribution in [-0.4, -0.2) is 49.5 Å². The lowest BCUT2D eigenvalue weighted by atomic mass is 9.85. The summed E-state index contributed by atoms with van der Waals surface area (Å²) in [5.41, 5.74) is 0.0599. The number of rotatable bonds is 6. The lowest BCUT2D eigenvalue weighted by Crippen LogP contribution is -2.45. The van der Waals surface area contributed by atoms with Crippen LogP contribution in [0.5, 0.6) is 0 Å². The van der Waals surface area contributed by atoms with Gasteiger partial charge in [-0.25, -0.2) is 0 Å². The van der Waals surface area contributed by atoms with Gasteiger partial charge in [0.1, 0.15) is 0 Å². The van der Waals surface area contributed by atoms with Crippen LogP contribution in [0.3, 0.4) is 0 Å². The van der Waals surface area contributed by atoms with Gasteiger partial charge in [-0.05, 0) is 25.8 Å². The number of hydrogen-bond acceptors (Lipinski definition) is 3. The molecule has 0 aromatic carbocycles. The number of aliphatic hydroxyl groups excluding tert-OH is 1. The van der Waals surface area contributed by atoms with Gasteiger partial charge in [0.05, 0.1) is 6.10 Å². The summed E-state index contributed by atoms with van der Waals surface area (Å²) in [4.78, 5) is 2.45. The largest absolute Gasteiger partial charge is 0.396 e. The minimum Gasteiger partial charge on any atom is -0.396 e. The van der Waals surface area contributed by atoms with Crippen LogP contribution in [-0.2, 0) is 4.74 Å². The number of likely N-dealkylation sites (tertiary alicyclic amines) is 1. The SMILES string of the molecule is CCCC(C)(CO)CN1CCCC(OC)C1. The van der Waals surface area contributed by atoms with Crippen molar-refractivity contribution in [2.24, 2.45) is 5.41 Å². The maximum absolute atomic E-state index is 9.51. The fraction of sp³-hybridized carbons (Fsp3) is 1.00. The fourth-order valence-corrected chi connectivity index (χ4v) is 2.70. The molecule has 2 atom stereocenters. The molecule has 1 heterocycles. The lowest BCUT2D eigenvalue weighted by molar-refractivity contribution is 0.00371. The Morgan fingerprint density at radius 2 is 2.25 bits per heavy atom. The molecule has 0 radical (unpaired) electrons. The van der Waals surface area contributed by atoms with E-state index >= 15 is 0 Å². The summed E-state index contributed by atoms with van der Waals surface area (Å²) < 4.78 is 5.43. The number of hydrogen-bond donors (Lipinski definition) is 1. The van der Waals surface area contributed by atoms with Gasteiger partial charge in [-0.2, -0.15) is 0 Å². The third-order valence-corrected chi connectivity index (χ3v) is 3.64. The maximum atomic E-state index is 9.51. The minimum absolute atomic E-state index is 0.0599. The van der Waals surface area contributed by atoms with Crippen molar-refractivity contribution in [1.82, 2.24) is 4.90 Å². The summed E-state index contributed by atoms with van der Waals surface area (Å²) in [6.45, 7) is 7.83. The second-order valence-corrected chi connectivity index (χ2v) is 5.45. The number of piperidine rings is 1. The predicted octanol–water partition coefficient (Wildman–Crippen LogP) is 1.90. The van der Waals surface area contributed by atoms with E-state index in [2.05, 4.69) is 18.7 Å². The van der Waals surface area contributed by atoms with Gasteiger partial charge in [0, 0.05) is 32.2 Å². The molecular weight excluding hydrogens is 202 g/mol. The molecule has 3 heteroatoms. The molecule has 0 spiro atoms. The van der Waals surface area contributed by atoms with Crippen LogP contribution in [0.2, 0.25) is 0 Å². The van der Waals surface area contributed by atoms with E-state index in [-0.39, 0.29) is 12.0 Å². The molecule has 1 saturated heterocycles. The van der Waals surface area contributed by atoms with E-state index in [4.69, 9.17) is 4.74 Å². The monoisotopic (exact) mass is 229 g/mol. The van der Waals surface area contributed by atoms with E-state index < -0.39 is 0 Å². The Morgan fingerprint density at radius 3 is 2.81 bits per heavy atom. The molecule has 0 amide bonds. The Labute approximate surface area is 99.8 Å². The van der Waals surface area contributed by atoms with E-state index in [9.17, 15) is 5.11 Å². The van der Waals surface area contributed by atoms with Gasteiger partial charge in [-0.15, -0.1) is 0 Å². The van der Waals surface area contributed by atoms with Gasteiger partial charge in [0.2, 0.25) is 0 Å². The van der Waals surface area contributed by atoms with Crippen LogP contribution >= 0.6 is 0 Å². The third-order valence-electron chi connectivity index (χ3n) is 3.64. The van der Waals surface area contributed by atoms with Gasteiger partial charge in [-0.3, -0.25) is 0 Å². The maximum Gasteiger partial charge on any atom is 0.0698 e. The molecule has 3 nitrogen and oxygen atoms in total. The van der Waals surface area contributed by atoms with E-state index in [1.807, 2.05) is 0 Å². The first-order chi connectivity index (χ1) is 7.63. The molecule has 0 bridgehead atoms. The molecule has 1 rings (SSSR count). The van der Waals surface area contributed by atoms with Gasteiger partial charge in [-0.1, -0.05) is 20.3 Å². The molecule has 0 saturated carbocycles. The molecule has 0 aliphatic carbocycles. The molecular formula is C13H27NO2. The first-order valence-electron chi connectivity index (χ1n) is 6.49. The number of ether oxygens (including phenoxy) is 1. The molecule has 2 unspecified atom stereocenters. The Bertz CT molecular complexity index is 198. The number of aliphatic hydroxyl groups is 1. The highest BCUT2D eigenvalue weighted by Crippen LogP contribution is 2.25. The molecule has 1 fully saturated rings. The van der Waals surface area contributed by atoms with E-state index in [0.29, 0.717) is 6.10 Å². The quantitative estimate of drug-likeness (QED) is 0.755. The Kier molecular flexibility index (Phi) is 5.73. The number of nitrogens with zero attached hydrogens (tertiary/aromatic N) is 1. The summed E-state index contributed by atoms with van der Waals surface area (Å²) >= 11 is 0. The molecule has 0 aromatic heterocycles. The van der Waals surface area contributed by atoms with Crippen LogP contribution in [0.4, 0.5) is 0 Å². The Balaban J connectivity index is 2.44. The third kappa shape index (κ3) is 4.04. The van der Waals surface area contributed by atoms with Crippen LogP contribution in [0.1, 0.15) is 39.5 Å². The smallest absolute Gasteiger partial charge is 0.0698 e. The molecule has 1 N–H and O–H groups in total. The van der Waals surface area contributed by atoms with Crippen molar-refractivity contribution in [1.29, 1.82) is 0 Å². The first kappa shape index (κ1) is 13.9. The highest BCUT2D eigenvalue weighted by molar-refractivity contribution is 4.81. The van der Waals surface area contributed by atoms with Gasteiger partial charge < -0.3 is 14.7 Å². The summed E-state index contributed by atoms with van der Waals surface area (Å²) in [5.74, 6) is 0. The standard InChI is InChI=1S/C13H27NO2/c1-4-7-13(2,11-15)10-14-8-5-6-12(9-14)16-3/h12,15H,4-11H2,1-3H3. The average Bonchev–Trinajstić information content (AvgIpc) is 2.29. The van der Waals surface area contributed by atoms with Crippen LogP contribution in [0.15, 0.2) is 0 Å². The van der Waals surface area contributed by atoms with Crippen molar-refractivity contribution in [3.8, 4) is 0 Å². The second kappa shape index (κ2) is 6.58. The Morgan fingerprint density at radius 1 is 1.50 bits per heavy atom. The van der Waals surface area contributed by atoms with Crippen molar-refractivity contribution >= 4 is 0 Å². The normalized spacial score (nSPS) is 26.6. The summed E-state index contributed by atoms with van der Waals surface area (Å²) in [7, 11) is 1.80. The summed E-state index contributed by atoms with van der Waals surface area (Å²) in [5, 5.41) is 9.51.